The normalized spacial score (nSPS) is 11.7. The fraction of sp³-hybridized carbons (Fsp3) is 0.235. The first-order valence-corrected chi connectivity index (χ1v) is 7.11. The molecule has 0 bridgehead atoms. The number of hydrogen-bond acceptors (Lipinski definition) is 3. The summed E-state index contributed by atoms with van der Waals surface area (Å²) in [5, 5.41) is 13.0. The van der Waals surface area contributed by atoms with E-state index in [4.69, 9.17) is 21.6 Å². The number of nitrogens with zero attached hydrogens (tertiary/aromatic N) is 1. The van der Waals surface area contributed by atoms with Gasteiger partial charge in [-0.1, -0.05) is 29.8 Å². The first kappa shape index (κ1) is 15.4. The van der Waals surface area contributed by atoms with Crippen LogP contribution in [0.3, 0.4) is 0 Å². The van der Waals surface area contributed by atoms with Crippen LogP contribution in [0.15, 0.2) is 42.5 Å². The van der Waals surface area contributed by atoms with Crippen LogP contribution in [0.5, 0.6) is 5.75 Å². The maximum Gasteiger partial charge on any atom is 0.124 e. The van der Waals surface area contributed by atoms with Crippen molar-refractivity contribution in [2.24, 2.45) is 0 Å². The van der Waals surface area contributed by atoms with E-state index < -0.39 is 0 Å². The van der Waals surface area contributed by atoms with Crippen molar-refractivity contribution in [2.45, 2.75) is 19.6 Å². The molecule has 0 aliphatic carbocycles. The van der Waals surface area contributed by atoms with Crippen molar-refractivity contribution in [2.75, 3.05) is 7.05 Å². The predicted molar refractivity (Wildman–Crippen MR) is 84.4 cm³/mol. The molecule has 21 heavy (non-hydrogen) atoms. The Morgan fingerprint density at radius 1 is 1.29 bits per heavy atom. The smallest absolute Gasteiger partial charge is 0.124 e. The monoisotopic (exact) mass is 300 g/mol. The van der Waals surface area contributed by atoms with Crippen LogP contribution in [0.2, 0.25) is 5.02 Å². The minimum Gasteiger partial charge on any atom is -0.489 e. The second kappa shape index (κ2) is 7.12. The number of halogens is 1. The number of hydrogen-bond donors (Lipinski definition) is 1. The van der Waals surface area contributed by atoms with E-state index in [0.717, 1.165) is 16.9 Å². The van der Waals surface area contributed by atoms with Gasteiger partial charge in [0, 0.05) is 22.2 Å². The lowest BCUT2D eigenvalue weighted by Crippen LogP contribution is -2.14. The van der Waals surface area contributed by atoms with E-state index in [9.17, 15) is 0 Å². The quantitative estimate of drug-likeness (QED) is 0.905. The van der Waals surface area contributed by atoms with Gasteiger partial charge < -0.3 is 10.1 Å². The van der Waals surface area contributed by atoms with Crippen molar-refractivity contribution in [1.82, 2.24) is 5.32 Å². The molecule has 0 aromatic heterocycles. The summed E-state index contributed by atoms with van der Waals surface area (Å²) in [6.45, 7) is 2.40. The third kappa shape index (κ3) is 3.75. The Balaban J connectivity index is 2.22. The van der Waals surface area contributed by atoms with E-state index >= 15 is 0 Å². The van der Waals surface area contributed by atoms with Gasteiger partial charge >= 0.3 is 0 Å². The summed E-state index contributed by atoms with van der Waals surface area (Å²) >= 11 is 6.06. The van der Waals surface area contributed by atoms with Gasteiger partial charge in [0.2, 0.25) is 0 Å². The molecule has 108 valence electrons. The molecule has 2 aromatic carbocycles. The van der Waals surface area contributed by atoms with Crippen LogP contribution in [0, 0.1) is 11.3 Å². The third-order valence-corrected chi connectivity index (χ3v) is 3.63. The summed E-state index contributed by atoms with van der Waals surface area (Å²) in [5.41, 5.74) is 2.51. The summed E-state index contributed by atoms with van der Waals surface area (Å²) in [7, 11) is 1.89. The average molecular weight is 301 g/mol. The molecule has 0 fully saturated rings. The van der Waals surface area contributed by atoms with Gasteiger partial charge in [0.15, 0.2) is 0 Å². The first-order valence-electron chi connectivity index (χ1n) is 6.73. The fourth-order valence-corrected chi connectivity index (χ4v) is 2.24. The first-order chi connectivity index (χ1) is 10.2. The van der Waals surface area contributed by atoms with Crippen molar-refractivity contribution in [3.8, 4) is 11.8 Å². The molecule has 4 heteroatoms. The predicted octanol–water partition coefficient (Wildman–Crippen LogP) is 4.07. The van der Waals surface area contributed by atoms with Crippen LogP contribution < -0.4 is 10.1 Å². The van der Waals surface area contributed by atoms with E-state index in [1.165, 1.54) is 0 Å². The van der Waals surface area contributed by atoms with E-state index in [1.54, 1.807) is 12.1 Å². The highest BCUT2D eigenvalue weighted by atomic mass is 35.5. The van der Waals surface area contributed by atoms with Crippen LogP contribution >= 0.6 is 11.6 Å². The lowest BCUT2D eigenvalue weighted by molar-refractivity contribution is 0.300. The van der Waals surface area contributed by atoms with Gasteiger partial charge in [-0.3, -0.25) is 0 Å². The molecule has 2 rings (SSSR count). The van der Waals surface area contributed by atoms with Gasteiger partial charge in [-0.25, -0.2) is 0 Å². The van der Waals surface area contributed by atoms with Crippen molar-refractivity contribution >= 4 is 11.6 Å². The van der Waals surface area contributed by atoms with Gasteiger partial charge in [-0.05, 0) is 38.2 Å². The summed E-state index contributed by atoms with van der Waals surface area (Å²) in [6, 6.07) is 15.3. The average Bonchev–Trinajstić information content (AvgIpc) is 2.53. The Bertz CT molecular complexity index is 664. The number of ether oxygens (including phenoxy) is 1. The number of nitriles is 1. The second-order valence-corrected chi connectivity index (χ2v) is 5.19. The van der Waals surface area contributed by atoms with Crippen LogP contribution in [0.1, 0.15) is 29.7 Å². The van der Waals surface area contributed by atoms with Gasteiger partial charge in [-0.15, -0.1) is 0 Å². The van der Waals surface area contributed by atoms with Crippen molar-refractivity contribution in [1.29, 1.82) is 5.26 Å². The van der Waals surface area contributed by atoms with E-state index in [-0.39, 0.29) is 6.04 Å². The van der Waals surface area contributed by atoms with Crippen molar-refractivity contribution < 1.29 is 4.74 Å². The molecule has 0 heterocycles. The minimum atomic E-state index is 0.130. The molecule has 0 spiro atoms. The molecule has 0 aliphatic heterocycles. The van der Waals surface area contributed by atoms with Gasteiger partial charge in [0.1, 0.15) is 12.4 Å². The maximum absolute atomic E-state index is 9.10. The lowest BCUT2D eigenvalue weighted by atomic mass is 10.1. The molecule has 0 amide bonds. The summed E-state index contributed by atoms with van der Waals surface area (Å²) in [6.07, 6.45) is 0. The Labute approximate surface area is 130 Å². The number of rotatable bonds is 5. The SMILES string of the molecule is CNC(C)c1cc(Cl)ccc1OCc1ccccc1C#N. The van der Waals surface area contributed by atoms with Crippen LogP contribution in [-0.2, 0) is 6.61 Å². The molecule has 0 saturated carbocycles. The zero-order chi connectivity index (χ0) is 15.2. The Morgan fingerprint density at radius 2 is 2.05 bits per heavy atom. The van der Waals surface area contributed by atoms with E-state index in [0.29, 0.717) is 17.2 Å². The molecule has 1 atom stereocenters. The lowest BCUT2D eigenvalue weighted by Gasteiger charge is -2.17. The highest BCUT2D eigenvalue weighted by Gasteiger charge is 2.11. The third-order valence-electron chi connectivity index (χ3n) is 3.39. The molecular weight excluding hydrogens is 284 g/mol. The molecule has 2 aromatic rings. The second-order valence-electron chi connectivity index (χ2n) is 4.75. The minimum absolute atomic E-state index is 0.130. The molecule has 3 nitrogen and oxygen atoms in total. The Kier molecular flexibility index (Phi) is 5.21. The Morgan fingerprint density at radius 3 is 2.76 bits per heavy atom. The zero-order valence-electron chi connectivity index (χ0n) is 12.1. The highest BCUT2D eigenvalue weighted by Crippen LogP contribution is 2.29. The summed E-state index contributed by atoms with van der Waals surface area (Å²) in [5.74, 6) is 0.772. The molecule has 1 N–H and O–H groups in total. The topological polar surface area (TPSA) is 45.0 Å². The summed E-state index contributed by atoms with van der Waals surface area (Å²) < 4.78 is 5.89. The molecule has 0 radical (unpaired) electrons. The van der Waals surface area contributed by atoms with Crippen molar-refractivity contribution in [3.63, 3.8) is 0 Å². The number of benzene rings is 2. The largest absolute Gasteiger partial charge is 0.489 e. The summed E-state index contributed by atoms with van der Waals surface area (Å²) in [4.78, 5) is 0. The maximum atomic E-state index is 9.10. The number of nitrogens with one attached hydrogen (secondary N) is 1. The van der Waals surface area contributed by atoms with E-state index in [2.05, 4.69) is 11.4 Å². The highest BCUT2D eigenvalue weighted by molar-refractivity contribution is 6.30. The molecular formula is C17H17ClN2O. The van der Waals surface area contributed by atoms with Crippen molar-refractivity contribution in [3.05, 3.63) is 64.2 Å². The van der Waals surface area contributed by atoms with E-state index in [1.807, 2.05) is 44.3 Å². The molecule has 0 aliphatic rings. The van der Waals surface area contributed by atoms with Crippen LogP contribution in [0.25, 0.3) is 0 Å². The van der Waals surface area contributed by atoms with Gasteiger partial charge in [0.05, 0.1) is 11.6 Å². The van der Waals surface area contributed by atoms with Crippen LogP contribution in [0.4, 0.5) is 0 Å². The van der Waals surface area contributed by atoms with Gasteiger partial charge in [0.25, 0.3) is 0 Å². The zero-order valence-corrected chi connectivity index (χ0v) is 12.8. The fourth-order valence-electron chi connectivity index (χ4n) is 2.06. The molecule has 0 saturated heterocycles. The Hall–Kier alpha value is -2.02. The van der Waals surface area contributed by atoms with Gasteiger partial charge in [-0.2, -0.15) is 5.26 Å². The van der Waals surface area contributed by atoms with Crippen LogP contribution in [-0.4, -0.2) is 7.05 Å². The standard InChI is InChI=1S/C17H17ClN2O/c1-12(20-2)16-9-15(18)7-8-17(16)21-11-14-6-4-3-5-13(14)10-19/h3-9,12,20H,11H2,1-2H3. The molecule has 1 unspecified atom stereocenters.